The molecule has 0 N–H and O–H groups in total. The van der Waals surface area contributed by atoms with Crippen molar-refractivity contribution in [3.05, 3.63) is 27.7 Å². The van der Waals surface area contributed by atoms with Crippen LogP contribution in [0.25, 0.3) is 0 Å². The zero-order valence-corrected chi connectivity index (χ0v) is 12.3. The minimum atomic E-state index is -0.859. The average Bonchev–Trinajstić information content (AvgIpc) is 2.27. The first-order chi connectivity index (χ1) is 8.86. The number of rotatable bonds is 4. The number of hydrogen-bond acceptors (Lipinski definition) is 3. The zero-order chi connectivity index (χ0) is 14.6. The van der Waals surface area contributed by atoms with E-state index < -0.39 is 5.92 Å². The van der Waals surface area contributed by atoms with Crippen molar-refractivity contribution in [3.63, 3.8) is 0 Å². The van der Waals surface area contributed by atoms with Gasteiger partial charge in [0.15, 0.2) is 5.78 Å². The van der Waals surface area contributed by atoms with Crippen LogP contribution in [-0.4, -0.2) is 31.1 Å². The number of nitriles is 1. The van der Waals surface area contributed by atoms with Crippen molar-refractivity contribution >= 4 is 41.0 Å². The Morgan fingerprint density at radius 2 is 1.95 bits per heavy atom. The van der Waals surface area contributed by atoms with Crippen LogP contribution in [0.3, 0.4) is 0 Å². The molecule has 1 atom stereocenters. The molecule has 0 amide bonds. The second-order valence-electron chi connectivity index (χ2n) is 4.21. The van der Waals surface area contributed by atoms with E-state index in [1.807, 2.05) is 20.2 Å². The third-order valence-corrected chi connectivity index (χ3v) is 2.90. The molecule has 0 radical (unpaired) electrons. The molecule has 4 nitrogen and oxygen atoms in total. The Bertz CT molecular complexity index is 538. The van der Waals surface area contributed by atoms with Gasteiger partial charge in [-0.2, -0.15) is 5.26 Å². The van der Waals surface area contributed by atoms with Gasteiger partial charge in [-0.25, -0.2) is 4.99 Å². The molecule has 19 heavy (non-hydrogen) atoms. The zero-order valence-electron chi connectivity index (χ0n) is 10.8. The molecule has 0 aliphatic rings. The summed E-state index contributed by atoms with van der Waals surface area (Å²) in [6.07, 6.45) is 1.57. The molecule has 0 saturated carbocycles. The highest BCUT2D eigenvalue weighted by Gasteiger charge is 2.18. The van der Waals surface area contributed by atoms with E-state index in [0.717, 1.165) is 0 Å². The van der Waals surface area contributed by atoms with Crippen LogP contribution in [0.1, 0.15) is 18.4 Å². The van der Waals surface area contributed by atoms with Crippen molar-refractivity contribution in [2.45, 2.75) is 12.8 Å². The number of hydrogen-bond donors (Lipinski definition) is 0. The smallest absolute Gasteiger partial charge is 0.151 e. The second kappa shape index (κ2) is 6.55. The third kappa shape index (κ3) is 3.95. The Balaban J connectivity index is 3.24. The van der Waals surface area contributed by atoms with E-state index in [9.17, 15) is 4.79 Å². The molecule has 0 aliphatic heterocycles. The molecule has 0 aliphatic carbocycles. The van der Waals surface area contributed by atoms with Crippen molar-refractivity contribution in [1.82, 2.24) is 4.90 Å². The van der Waals surface area contributed by atoms with Crippen molar-refractivity contribution in [2.75, 3.05) is 14.1 Å². The van der Waals surface area contributed by atoms with Crippen LogP contribution in [0.15, 0.2) is 17.1 Å². The van der Waals surface area contributed by atoms with Crippen LogP contribution < -0.4 is 0 Å². The van der Waals surface area contributed by atoms with E-state index in [-0.39, 0.29) is 5.78 Å². The minimum Gasteiger partial charge on any atom is -0.369 e. The van der Waals surface area contributed by atoms with Gasteiger partial charge in [-0.15, -0.1) is 0 Å². The predicted octanol–water partition coefficient (Wildman–Crippen LogP) is 3.41. The lowest BCUT2D eigenvalue weighted by Crippen LogP contribution is -2.07. The molecule has 0 aromatic heterocycles. The van der Waals surface area contributed by atoms with Gasteiger partial charge in [-0.3, -0.25) is 4.79 Å². The fraction of sp³-hybridized carbons (Fsp3) is 0.308. The number of carbonyl (C=O) groups excluding carboxylic acids is 1. The van der Waals surface area contributed by atoms with Crippen LogP contribution in [0.5, 0.6) is 0 Å². The van der Waals surface area contributed by atoms with Gasteiger partial charge in [-0.1, -0.05) is 23.2 Å². The molecule has 1 rings (SSSR count). The van der Waals surface area contributed by atoms with E-state index in [2.05, 4.69) is 4.99 Å². The quantitative estimate of drug-likeness (QED) is 0.632. The van der Waals surface area contributed by atoms with Crippen molar-refractivity contribution in [1.29, 1.82) is 5.26 Å². The van der Waals surface area contributed by atoms with Gasteiger partial charge < -0.3 is 4.90 Å². The van der Waals surface area contributed by atoms with Gasteiger partial charge >= 0.3 is 0 Å². The Kier molecular flexibility index (Phi) is 5.34. The highest BCUT2D eigenvalue weighted by Crippen LogP contribution is 2.36. The van der Waals surface area contributed by atoms with Crippen molar-refractivity contribution in [3.8, 4) is 6.07 Å². The number of aliphatic imine (C=N–C) groups is 1. The first kappa shape index (κ1) is 15.5. The van der Waals surface area contributed by atoms with Crippen molar-refractivity contribution < 1.29 is 4.79 Å². The summed E-state index contributed by atoms with van der Waals surface area (Å²) in [5.41, 5.74) is 0.898. The summed E-state index contributed by atoms with van der Waals surface area (Å²) >= 11 is 12.2. The molecule has 6 heteroatoms. The lowest BCUT2D eigenvalue weighted by Gasteiger charge is -2.10. The molecular formula is C13H13Cl2N3O. The highest BCUT2D eigenvalue weighted by molar-refractivity contribution is 6.39. The monoisotopic (exact) mass is 297 g/mol. The standard InChI is InChI=1S/C13H13Cl2N3O/c1-8(19)10(6-16)9-4-11(14)13(12(15)5-9)17-7-18(2)3/h4-5,7,10H,1-3H3. The lowest BCUT2D eigenvalue weighted by molar-refractivity contribution is -0.117. The number of carbonyl (C=O) groups is 1. The summed E-state index contributed by atoms with van der Waals surface area (Å²) in [5.74, 6) is -1.11. The molecular weight excluding hydrogens is 285 g/mol. The van der Waals surface area contributed by atoms with Crippen LogP contribution in [0, 0.1) is 11.3 Å². The first-order valence-electron chi connectivity index (χ1n) is 5.46. The van der Waals surface area contributed by atoms with E-state index >= 15 is 0 Å². The molecule has 0 bridgehead atoms. The lowest BCUT2D eigenvalue weighted by atomic mass is 9.97. The minimum absolute atomic E-state index is 0.251. The Hall–Kier alpha value is -1.57. The number of ketones is 1. The van der Waals surface area contributed by atoms with Crippen LogP contribution in [-0.2, 0) is 4.79 Å². The third-order valence-electron chi connectivity index (χ3n) is 2.33. The van der Waals surface area contributed by atoms with Crippen molar-refractivity contribution in [2.24, 2.45) is 4.99 Å². The first-order valence-corrected chi connectivity index (χ1v) is 6.22. The van der Waals surface area contributed by atoms with Gasteiger partial charge in [0.25, 0.3) is 0 Å². The average molecular weight is 298 g/mol. The number of nitrogens with zero attached hydrogens (tertiary/aromatic N) is 3. The molecule has 1 aromatic rings. The van der Waals surface area contributed by atoms with Crippen LogP contribution in [0.4, 0.5) is 5.69 Å². The van der Waals surface area contributed by atoms with Gasteiger partial charge in [-0.05, 0) is 24.6 Å². The number of Topliss-reactive ketones (excluding diaryl/α,β-unsaturated/α-hetero) is 1. The number of halogens is 2. The topological polar surface area (TPSA) is 56.5 Å². The summed E-state index contributed by atoms with van der Waals surface area (Å²) in [6.45, 7) is 1.35. The normalized spacial score (nSPS) is 12.2. The van der Waals surface area contributed by atoms with E-state index in [4.69, 9.17) is 28.5 Å². The maximum atomic E-state index is 11.4. The molecule has 0 fully saturated rings. The summed E-state index contributed by atoms with van der Waals surface area (Å²) < 4.78 is 0. The fourth-order valence-corrected chi connectivity index (χ4v) is 2.05. The molecule has 0 spiro atoms. The van der Waals surface area contributed by atoms with Gasteiger partial charge in [0, 0.05) is 14.1 Å². The summed E-state index contributed by atoms with van der Waals surface area (Å²) in [5, 5.41) is 9.60. The van der Waals surface area contributed by atoms with Gasteiger partial charge in [0.05, 0.1) is 22.5 Å². The van der Waals surface area contributed by atoms with Crippen LogP contribution in [0.2, 0.25) is 10.0 Å². The summed E-state index contributed by atoms with van der Waals surface area (Å²) in [4.78, 5) is 17.2. The van der Waals surface area contributed by atoms with E-state index in [1.165, 1.54) is 6.92 Å². The molecule has 0 saturated heterocycles. The number of benzene rings is 1. The Labute approximate surface area is 122 Å². The predicted molar refractivity (Wildman–Crippen MR) is 77.3 cm³/mol. The Morgan fingerprint density at radius 3 is 2.32 bits per heavy atom. The van der Waals surface area contributed by atoms with E-state index in [1.54, 1.807) is 23.4 Å². The van der Waals surface area contributed by atoms with Gasteiger partial charge in [0.2, 0.25) is 0 Å². The van der Waals surface area contributed by atoms with Crippen LogP contribution >= 0.6 is 23.2 Å². The maximum absolute atomic E-state index is 11.4. The molecule has 1 unspecified atom stereocenters. The molecule has 100 valence electrons. The second-order valence-corrected chi connectivity index (χ2v) is 5.03. The van der Waals surface area contributed by atoms with Gasteiger partial charge in [0.1, 0.15) is 11.6 Å². The SMILES string of the molecule is CC(=O)C(C#N)c1cc(Cl)c(N=CN(C)C)c(Cl)c1. The molecule has 1 aromatic carbocycles. The summed E-state index contributed by atoms with van der Waals surface area (Å²) in [6, 6.07) is 5.02. The largest absolute Gasteiger partial charge is 0.369 e. The maximum Gasteiger partial charge on any atom is 0.151 e. The molecule has 0 heterocycles. The highest BCUT2D eigenvalue weighted by atomic mass is 35.5. The fourth-order valence-electron chi connectivity index (χ4n) is 1.45. The summed E-state index contributed by atoms with van der Waals surface area (Å²) in [7, 11) is 3.64. The van der Waals surface area contributed by atoms with E-state index in [0.29, 0.717) is 21.3 Å². The Morgan fingerprint density at radius 1 is 1.42 bits per heavy atom.